The molecule has 2 amide bonds. The highest BCUT2D eigenvalue weighted by atomic mass is 19.4. The summed E-state index contributed by atoms with van der Waals surface area (Å²) < 4.78 is 36.7. The highest BCUT2D eigenvalue weighted by Gasteiger charge is 2.34. The Morgan fingerprint density at radius 2 is 2.35 bits per heavy atom. The van der Waals surface area contributed by atoms with Crippen molar-refractivity contribution in [2.75, 3.05) is 31.5 Å². The first-order valence-electron chi connectivity index (χ1n) is 6.25. The minimum atomic E-state index is -4.17. The van der Waals surface area contributed by atoms with E-state index in [1.807, 2.05) is 0 Å². The molecule has 6 nitrogen and oxygen atoms in total. The summed E-state index contributed by atoms with van der Waals surface area (Å²) in [4.78, 5) is 12.9. The molecule has 2 rings (SSSR count). The third-order valence-corrected chi connectivity index (χ3v) is 3.08. The van der Waals surface area contributed by atoms with Crippen LogP contribution >= 0.6 is 0 Å². The van der Waals surface area contributed by atoms with Gasteiger partial charge in [0.1, 0.15) is 0 Å². The fourth-order valence-corrected chi connectivity index (χ4v) is 2.21. The van der Waals surface area contributed by atoms with Gasteiger partial charge < -0.3 is 10.6 Å². The Bertz CT molecular complexity index is 434. The van der Waals surface area contributed by atoms with Crippen LogP contribution < -0.4 is 10.6 Å². The maximum Gasteiger partial charge on any atom is 0.401 e. The van der Waals surface area contributed by atoms with Crippen LogP contribution in [0, 0.1) is 5.92 Å². The molecule has 0 bridgehead atoms. The molecule has 1 atom stereocenters. The summed E-state index contributed by atoms with van der Waals surface area (Å²) in [5.74, 6) is 0.0486. The molecule has 20 heavy (non-hydrogen) atoms. The monoisotopic (exact) mass is 291 g/mol. The van der Waals surface area contributed by atoms with Gasteiger partial charge in [-0.1, -0.05) is 0 Å². The second kappa shape index (κ2) is 6.12. The van der Waals surface area contributed by atoms with Gasteiger partial charge in [0.25, 0.3) is 0 Å². The number of aromatic nitrogens is 2. The lowest BCUT2D eigenvalue weighted by Crippen LogP contribution is -2.36. The Hall–Kier alpha value is -1.77. The van der Waals surface area contributed by atoms with Crippen molar-refractivity contribution < 1.29 is 18.0 Å². The van der Waals surface area contributed by atoms with Gasteiger partial charge in [0.2, 0.25) is 0 Å². The lowest BCUT2D eigenvalue weighted by Gasteiger charge is -2.18. The van der Waals surface area contributed by atoms with Crippen LogP contribution in [-0.2, 0) is 0 Å². The molecule has 1 saturated heterocycles. The van der Waals surface area contributed by atoms with Gasteiger partial charge in [0.05, 0.1) is 18.4 Å². The second-order valence-electron chi connectivity index (χ2n) is 4.83. The maximum absolute atomic E-state index is 12.2. The first kappa shape index (κ1) is 14.6. The number of carbonyl (C=O) groups is 1. The normalized spacial score (nSPS) is 20.1. The average molecular weight is 291 g/mol. The number of hydrogen-bond donors (Lipinski definition) is 3. The summed E-state index contributed by atoms with van der Waals surface area (Å²) in [7, 11) is 0. The quantitative estimate of drug-likeness (QED) is 0.785. The van der Waals surface area contributed by atoms with Gasteiger partial charge in [-0.15, -0.1) is 0 Å². The largest absolute Gasteiger partial charge is 0.401 e. The molecule has 2 heterocycles. The predicted molar refractivity (Wildman–Crippen MR) is 66.2 cm³/mol. The molecule has 0 radical (unpaired) electrons. The minimum Gasteiger partial charge on any atom is -0.338 e. The molecule has 1 aliphatic rings. The molecule has 1 fully saturated rings. The highest BCUT2D eigenvalue weighted by Crippen LogP contribution is 2.22. The molecule has 112 valence electrons. The van der Waals surface area contributed by atoms with E-state index in [0.29, 0.717) is 31.7 Å². The zero-order valence-electron chi connectivity index (χ0n) is 10.7. The summed E-state index contributed by atoms with van der Waals surface area (Å²) >= 11 is 0. The van der Waals surface area contributed by atoms with Gasteiger partial charge in [-0.3, -0.25) is 10.00 Å². The van der Waals surface area contributed by atoms with Crippen LogP contribution in [0.1, 0.15) is 6.42 Å². The number of carbonyl (C=O) groups excluding carboxylic acids is 1. The fraction of sp³-hybridized carbons (Fsp3) is 0.636. The number of alkyl halides is 3. The van der Waals surface area contributed by atoms with E-state index >= 15 is 0 Å². The van der Waals surface area contributed by atoms with Crippen LogP contribution in [0.5, 0.6) is 0 Å². The maximum atomic E-state index is 12.2. The number of rotatable bonds is 4. The third-order valence-electron chi connectivity index (χ3n) is 3.08. The van der Waals surface area contributed by atoms with Crippen molar-refractivity contribution in [3.8, 4) is 0 Å². The summed E-state index contributed by atoms with van der Waals surface area (Å²) in [6.45, 7) is 0.240. The lowest BCUT2D eigenvalue weighted by atomic mass is 10.1. The van der Waals surface area contributed by atoms with Gasteiger partial charge in [-0.2, -0.15) is 18.3 Å². The van der Waals surface area contributed by atoms with Crippen LogP contribution in [0.15, 0.2) is 12.4 Å². The van der Waals surface area contributed by atoms with E-state index in [0.717, 1.165) is 0 Å². The highest BCUT2D eigenvalue weighted by molar-refractivity contribution is 5.88. The number of nitrogens with one attached hydrogen (secondary N) is 3. The van der Waals surface area contributed by atoms with Gasteiger partial charge in [0, 0.05) is 19.3 Å². The number of H-pyrrole nitrogens is 1. The van der Waals surface area contributed by atoms with Crippen LogP contribution in [0.4, 0.5) is 23.7 Å². The van der Waals surface area contributed by atoms with E-state index < -0.39 is 12.7 Å². The van der Waals surface area contributed by atoms with Crippen molar-refractivity contribution in [2.24, 2.45) is 5.92 Å². The molecule has 3 N–H and O–H groups in total. The minimum absolute atomic E-state index is 0.0486. The standard InChI is InChI=1S/C11H16F3N5O/c12-11(13,14)7-19-2-1-8(6-19)3-15-10(20)18-9-4-16-17-5-9/h4-5,8H,1-3,6-7H2,(H,16,17)(H2,15,18,20)/t8-/m1/s1. The third kappa shape index (κ3) is 4.72. The average Bonchev–Trinajstić information content (AvgIpc) is 2.96. The van der Waals surface area contributed by atoms with Gasteiger partial charge in [-0.25, -0.2) is 4.79 Å². The Kier molecular flexibility index (Phi) is 4.48. The van der Waals surface area contributed by atoms with Crippen LogP contribution in [0.25, 0.3) is 0 Å². The number of urea groups is 1. The van der Waals surface area contributed by atoms with Crippen molar-refractivity contribution in [3.63, 3.8) is 0 Å². The molecule has 0 aliphatic carbocycles. The summed E-state index contributed by atoms with van der Waals surface area (Å²) in [6, 6.07) is -0.388. The number of aromatic amines is 1. The zero-order valence-corrected chi connectivity index (χ0v) is 10.7. The zero-order chi connectivity index (χ0) is 14.6. The Balaban J connectivity index is 1.66. The van der Waals surface area contributed by atoms with Crippen molar-refractivity contribution in [1.29, 1.82) is 0 Å². The molecule has 1 aromatic heterocycles. The van der Waals surface area contributed by atoms with Gasteiger partial charge in [-0.05, 0) is 18.9 Å². The van der Waals surface area contributed by atoms with Crippen molar-refractivity contribution in [1.82, 2.24) is 20.4 Å². The van der Waals surface area contributed by atoms with E-state index in [1.54, 1.807) is 0 Å². The van der Waals surface area contributed by atoms with E-state index in [1.165, 1.54) is 17.3 Å². The number of anilines is 1. The predicted octanol–water partition coefficient (Wildman–Crippen LogP) is 1.42. The molecule has 0 aromatic carbocycles. The number of likely N-dealkylation sites (tertiary alicyclic amines) is 1. The lowest BCUT2D eigenvalue weighted by molar-refractivity contribution is -0.143. The Morgan fingerprint density at radius 1 is 1.55 bits per heavy atom. The number of hydrogen-bond acceptors (Lipinski definition) is 3. The van der Waals surface area contributed by atoms with Gasteiger partial charge >= 0.3 is 12.2 Å². The molecular formula is C11H16F3N5O. The Morgan fingerprint density at radius 3 is 3.00 bits per heavy atom. The Labute approximate surface area is 113 Å². The number of nitrogens with zero attached hydrogens (tertiary/aromatic N) is 2. The SMILES string of the molecule is O=C(NC[C@H]1CCN(CC(F)(F)F)C1)Nc1cn[nH]c1. The van der Waals surface area contributed by atoms with Crippen LogP contribution in [-0.4, -0.2) is 53.5 Å². The first-order chi connectivity index (χ1) is 9.42. The molecule has 0 spiro atoms. The van der Waals surface area contributed by atoms with Crippen molar-refractivity contribution in [2.45, 2.75) is 12.6 Å². The second-order valence-corrected chi connectivity index (χ2v) is 4.83. The first-order valence-corrected chi connectivity index (χ1v) is 6.25. The van der Waals surface area contributed by atoms with E-state index in [-0.39, 0.29) is 11.9 Å². The molecule has 0 saturated carbocycles. The number of amides is 2. The molecule has 1 aromatic rings. The fourth-order valence-electron chi connectivity index (χ4n) is 2.21. The molecule has 1 aliphatic heterocycles. The molecule has 0 unspecified atom stereocenters. The van der Waals surface area contributed by atoms with Gasteiger partial charge in [0.15, 0.2) is 0 Å². The molecular weight excluding hydrogens is 275 g/mol. The summed E-state index contributed by atoms with van der Waals surface area (Å²) in [5.41, 5.74) is 0.535. The van der Waals surface area contributed by atoms with E-state index in [9.17, 15) is 18.0 Å². The van der Waals surface area contributed by atoms with E-state index in [4.69, 9.17) is 0 Å². The smallest absolute Gasteiger partial charge is 0.338 e. The van der Waals surface area contributed by atoms with Crippen LogP contribution in [0.2, 0.25) is 0 Å². The number of halogens is 3. The summed E-state index contributed by atoms with van der Waals surface area (Å²) in [6.07, 6.45) is -0.524. The molecule has 9 heteroatoms. The van der Waals surface area contributed by atoms with Crippen molar-refractivity contribution >= 4 is 11.7 Å². The topological polar surface area (TPSA) is 73.1 Å². The van der Waals surface area contributed by atoms with Crippen molar-refractivity contribution in [3.05, 3.63) is 12.4 Å². The van der Waals surface area contributed by atoms with Crippen LogP contribution in [0.3, 0.4) is 0 Å². The van der Waals surface area contributed by atoms with E-state index in [2.05, 4.69) is 20.8 Å². The summed E-state index contributed by atoms with van der Waals surface area (Å²) in [5, 5.41) is 11.4.